The Labute approximate surface area is 140 Å². The molecule has 0 spiro atoms. The summed E-state index contributed by atoms with van der Waals surface area (Å²) in [5.74, 6) is -0.326. The minimum absolute atomic E-state index is 0.249. The minimum atomic E-state index is -0.599. The van der Waals surface area contributed by atoms with E-state index >= 15 is 0 Å². The predicted molar refractivity (Wildman–Crippen MR) is 88.2 cm³/mol. The summed E-state index contributed by atoms with van der Waals surface area (Å²) >= 11 is 5.91. The first-order valence-corrected chi connectivity index (χ1v) is 7.48. The van der Waals surface area contributed by atoms with Crippen molar-refractivity contribution in [3.05, 3.63) is 64.2 Å². The summed E-state index contributed by atoms with van der Waals surface area (Å²) in [6.45, 7) is 3.21. The van der Waals surface area contributed by atoms with Gasteiger partial charge in [-0.05, 0) is 37.6 Å². The van der Waals surface area contributed by atoms with Crippen LogP contribution in [0.25, 0.3) is 0 Å². The number of benzene rings is 2. The van der Waals surface area contributed by atoms with Crippen molar-refractivity contribution in [2.75, 3.05) is 13.2 Å². The van der Waals surface area contributed by atoms with Gasteiger partial charge in [0.1, 0.15) is 5.75 Å². The molecule has 5 heteroatoms. The van der Waals surface area contributed by atoms with Crippen molar-refractivity contribution >= 4 is 23.4 Å². The number of ketones is 1. The van der Waals surface area contributed by atoms with E-state index < -0.39 is 5.97 Å². The molecule has 2 rings (SSSR count). The largest absolute Gasteiger partial charge is 0.482 e. The first kappa shape index (κ1) is 17.0. The Balaban J connectivity index is 1.79. The smallest absolute Gasteiger partial charge is 0.344 e. The maximum atomic E-state index is 11.9. The lowest BCUT2D eigenvalue weighted by Crippen LogP contribution is -2.19. The van der Waals surface area contributed by atoms with Gasteiger partial charge in [0, 0.05) is 10.6 Å². The molecule has 0 aliphatic heterocycles. The number of aryl methyl sites for hydroxylation is 2. The van der Waals surface area contributed by atoms with Gasteiger partial charge in [0.25, 0.3) is 0 Å². The molecule has 0 aliphatic carbocycles. The van der Waals surface area contributed by atoms with Crippen molar-refractivity contribution in [1.82, 2.24) is 0 Å². The normalized spacial score (nSPS) is 10.2. The van der Waals surface area contributed by atoms with Gasteiger partial charge in [0.2, 0.25) is 0 Å². The number of hydrogen-bond acceptors (Lipinski definition) is 4. The van der Waals surface area contributed by atoms with E-state index in [-0.39, 0.29) is 19.0 Å². The average molecular weight is 333 g/mol. The van der Waals surface area contributed by atoms with E-state index in [1.807, 2.05) is 26.0 Å². The second-order valence-electron chi connectivity index (χ2n) is 5.15. The quantitative estimate of drug-likeness (QED) is 0.597. The highest BCUT2D eigenvalue weighted by atomic mass is 35.5. The number of hydrogen-bond donors (Lipinski definition) is 0. The summed E-state index contributed by atoms with van der Waals surface area (Å²) in [6.07, 6.45) is 0. The van der Waals surface area contributed by atoms with Crippen LogP contribution >= 0.6 is 11.6 Å². The van der Waals surface area contributed by atoms with Crippen LogP contribution in [0.2, 0.25) is 5.02 Å². The van der Waals surface area contributed by atoms with Crippen molar-refractivity contribution < 1.29 is 19.1 Å². The maximum Gasteiger partial charge on any atom is 0.344 e. The zero-order valence-corrected chi connectivity index (χ0v) is 13.7. The SMILES string of the molecule is Cc1ccc(C(=O)COC(=O)COc2ccc(Cl)c(C)c2)cc1. The van der Waals surface area contributed by atoms with E-state index in [9.17, 15) is 9.59 Å². The Morgan fingerprint density at radius 3 is 2.35 bits per heavy atom. The highest BCUT2D eigenvalue weighted by Gasteiger charge is 2.10. The molecule has 0 aromatic heterocycles. The third-order valence-electron chi connectivity index (χ3n) is 3.22. The summed E-state index contributed by atoms with van der Waals surface area (Å²) in [5, 5.41) is 0.628. The Morgan fingerprint density at radius 2 is 1.70 bits per heavy atom. The lowest BCUT2D eigenvalue weighted by Gasteiger charge is -2.08. The Kier molecular flexibility index (Phi) is 5.77. The monoisotopic (exact) mass is 332 g/mol. The minimum Gasteiger partial charge on any atom is -0.482 e. The van der Waals surface area contributed by atoms with Gasteiger partial charge in [-0.2, -0.15) is 0 Å². The van der Waals surface area contributed by atoms with Crippen LogP contribution in [0.5, 0.6) is 5.75 Å². The third-order valence-corrected chi connectivity index (χ3v) is 3.65. The maximum absolute atomic E-state index is 11.9. The van der Waals surface area contributed by atoms with Gasteiger partial charge in [0.15, 0.2) is 19.0 Å². The molecule has 23 heavy (non-hydrogen) atoms. The molecule has 0 heterocycles. The summed E-state index contributed by atoms with van der Waals surface area (Å²) in [4.78, 5) is 23.5. The number of halogens is 1. The Hall–Kier alpha value is -2.33. The predicted octanol–water partition coefficient (Wildman–Crippen LogP) is 3.76. The molecule has 0 radical (unpaired) electrons. The van der Waals surface area contributed by atoms with E-state index in [2.05, 4.69) is 0 Å². The molecule has 0 saturated carbocycles. The van der Waals surface area contributed by atoms with Crippen LogP contribution in [0.4, 0.5) is 0 Å². The van der Waals surface area contributed by atoms with Gasteiger partial charge >= 0.3 is 5.97 Å². The second-order valence-corrected chi connectivity index (χ2v) is 5.56. The number of esters is 1. The van der Waals surface area contributed by atoms with E-state index in [4.69, 9.17) is 21.1 Å². The highest BCUT2D eigenvalue weighted by molar-refractivity contribution is 6.31. The zero-order valence-electron chi connectivity index (χ0n) is 13.0. The van der Waals surface area contributed by atoms with Crippen LogP contribution in [-0.4, -0.2) is 25.0 Å². The number of rotatable bonds is 6. The Morgan fingerprint density at radius 1 is 1.00 bits per heavy atom. The number of carbonyl (C=O) groups excluding carboxylic acids is 2. The van der Waals surface area contributed by atoms with Crippen molar-refractivity contribution in [1.29, 1.82) is 0 Å². The van der Waals surface area contributed by atoms with Crippen molar-refractivity contribution in [2.24, 2.45) is 0 Å². The zero-order chi connectivity index (χ0) is 16.8. The molecule has 0 aliphatic rings. The standard InChI is InChI=1S/C18H17ClO4/c1-12-3-5-14(6-4-12)17(20)10-23-18(21)11-22-15-7-8-16(19)13(2)9-15/h3-9H,10-11H2,1-2H3. The molecule has 2 aromatic carbocycles. The molecule has 0 bridgehead atoms. The van der Waals surface area contributed by atoms with E-state index in [0.29, 0.717) is 16.3 Å². The fourth-order valence-corrected chi connectivity index (χ4v) is 1.98. The molecule has 0 amide bonds. The van der Waals surface area contributed by atoms with Crippen LogP contribution in [0.15, 0.2) is 42.5 Å². The van der Waals surface area contributed by atoms with Gasteiger partial charge in [-0.1, -0.05) is 41.4 Å². The molecule has 120 valence electrons. The van der Waals surface area contributed by atoms with Crippen LogP contribution in [-0.2, 0) is 9.53 Å². The lowest BCUT2D eigenvalue weighted by molar-refractivity contribution is -0.144. The van der Waals surface area contributed by atoms with Crippen molar-refractivity contribution in [2.45, 2.75) is 13.8 Å². The van der Waals surface area contributed by atoms with Gasteiger partial charge in [-0.15, -0.1) is 0 Å². The Bertz CT molecular complexity index is 707. The highest BCUT2D eigenvalue weighted by Crippen LogP contribution is 2.20. The van der Waals surface area contributed by atoms with Gasteiger partial charge in [-0.25, -0.2) is 4.79 Å². The van der Waals surface area contributed by atoms with Crippen molar-refractivity contribution in [3.8, 4) is 5.75 Å². The molecule has 0 fully saturated rings. The van der Waals surface area contributed by atoms with E-state index in [1.165, 1.54) is 0 Å². The molecule has 0 atom stereocenters. The summed E-state index contributed by atoms with van der Waals surface area (Å²) in [6, 6.07) is 12.2. The summed E-state index contributed by atoms with van der Waals surface area (Å²) in [5.41, 5.74) is 2.43. The van der Waals surface area contributed by atoms with Crippen molar-refractivity contribution in [3.63, 3.8) is 0 Å². The number of ether oxygens (including phenoxy) is 2. The summed E-state index contributed by atoms with van der Waals surface area (Å²) in [7, 11) is 0. The van der Waals surface area contributed by atoms with E-state index in [1.54, 1.807) is 30.3 Å². The molecule has 2 aromatic rings. The molecular formula is C18H17ClO4. The fraction of sp³-hybridized carbons (Fsp3) is 0.222. The topological polar surface area (TPSA) is 52.6 Å². The number of carbonyl (C=O) groups is 2. The van der Waals surface area contributed by atoms with Crippen LogP contribution in [0, 0.1) is 13.8 Å². The van der Waals surface area contributed by atoms with Gasteiger partial charge in [0.05, 0.1) is 0 Å². The fourth-order valence-electron chi connectivity index (χ4n) is 1.86. The van der Waals surface area contributed by atoms with Gasteiger partial charge in [-0.3, -0.25) is 4.79 Å². The average Bonchev–Trinajstić information content (AvgIpc) is 2.54. The first-order chi connectivity index (χ1) is 11.0. The number of Topliss-reactive ketones (excluding diaryl/α,β-unsaturated/α-hetero) is 1. The lowest BCUT2D eigenvalue weighted by atomic mass is 10.1. The molecule has 0 unspecified atom stereocenters. The first-order valence-electron chi connectivity index (χ1n) is 7.10. The molecular weight excluding hydrogens is 316 g/mol. The second kappa shape index (κ2) is 7.79. The van der Waals surface area contributed by atoms with Crippen LogP contribution in [0.3, 0.4) is 0 Å². The molecule has 4 nitrogen and oxygen atoms in total. The molecule has 0 saturated heterocycles. The third kappa shape index (κ3) is 5.11. The van der Waals surface area contributed by atoms with Crippen LogP contribution < -0.4 is 4.74 Å². The molecule has 0 N–H and O–H groups in total. The summed E-state index contributed by atoms with van der Waals surface area (Å²) < 4.78 is 10.2. The van der Waals surface area contributed by atoms with Gasteiger partial charge < -0.3 is 9.47 Å². The van der Waals surface area contributed by atoms with E-state index in [0.717, 1.165) is 11.1 Å². The van der Waals surface area contributed by atoms with Crippen LogP contribution in [0.1, 0.15) is 21.5 Å².